The standard InChI is InChI=1S/C25H25FN2O4S/c26-23-12-11-21(33(30,31)28-13-15-32-16-14-28)18-22(23)25(29)27-24(20-9-5-2-6-10-20)17-19-7-3-1-4-8-19/h1-12,18,24H,13-17H2,(H,27,29). The van der Waals surface area contributed by atoms with Crippen molar-refractivity contribution in [3.8, 4) is 0 Å². The van der Waals surface area contributed by atoms with Gasteiger partial charge >= 0.3 is 0 Å². The lowest BCUT2D eigenvalue weighted by Crippen LogP contribution is -2.40. The Kier molecular flexibility index (Phi) is 7.17. The maximum absolute atomic E-state index is 14.6. The van der Waals surface area contributed by atoms with E-state index in [1.54, 1.807) is 0 Å². The van der Waals surface area contributed by atoms with Gasteiger partial charge in [0.1, 0.15) is 5.82 Å². The van der Waals surface area contributed by atoms with E-state index in [1.807, 2.05) is 60.7 Å². The average molecular weight is 469 g/mol. The number of carbonyl (C=O) groups excluding carboxylic acids is 1. The molecule has 1 fully saturated rings. The smallest absolute Gasteiger partial charge is 0.254 e. The summed E-state index contributed by atoms with van der Waals surface area (Å²) in [4.78, 5) is 13.0. The number of nitrogens with one attached hydrogen (secondary N) is 1. The molecular weight excluding hydrogens is 443 g/mol. The monoisotopic (exact) mass is 468 g/mol. The molecule has 0 spiro atoms. The predicted molar refractivity (Wildman–Crippen MR) is 123 cm³/mol. The molecule has 1 heterocycles. The second kappa shape index (κ2) is 10.2. The molecule has 4 rings (SSSR count). The van der Waals surface area contributed by atoms with Gasteiger partial charge in [0.25, 0.3) is 5.91 Å². The van der Waals surface area contributed by atoms with Crippen LogP contribution in [-0.2, 0) is 21.2 Å². The summed E-state index contributed by atoms with van der Waals surface area (Å²) in [5.41, 5.74) is 1.57. The van der Waals surface area contributed by atoms with E-state index in [1.165, 1.54) is 10.4 Å². The lowest BCUT2D eigenvalue weighted by atomic mass is 9.98. The summed E-state index contributed by atoms with van der Waals surface area (Å²) < 4.78 is 47.1. The van der Waals surface area contributed by atoms with E-state index in [0.29, 0.717) is 19.6 Å². The molecule has 0 saturated carbocycles. The molecule has 0 aromatic heterocycles. The molecule has 3 aromatic rings. The minimum absolute atomic E-state index is 0.115. The Morgan fingerprint density at radius 2 is 1.61 bits per heavy atom. The molecule has 0 radical (unpaired) electrons. The average Bonchev–Trinajstić information content (AvgIpc) is 2.85. The first-order chi connectivity index (χ1) is 15.9. The summed E-state index contributed by atoms with van der Waals surface area (Å²) in [6.45, 7) is 1.03. The normalized spacial score (nSPS) is 15.7. The van der Waals surface area contributed by atoms with Crippen molar-refractivity contribution in [2.45, 2.75) is 17.4 Å². The second-order valence-corrected chi connectivity index (χ2v) is 9.72. The number of ether oxygens (including phenoxy) is 1. The van der Waals surface area contributed by atoms with Crippen LogP contribution in [0.3, 0.4) is 0 Å². The van der Waals surface area contributed by atoms with Gasteiger partial charge in [-0.25, -0.2) is 12.8 Å². The molecule has 1 aliphatic rings. The molecule has 8 heteroatoms. The van der Waals surface area contributed by atoms with E-state index in [4.69, 9.17) is 4.74 Å². The van der Waals surface area contributed by atoms with E-state index in [2.05, 4.69) is 5.32 Å². The SMILES string of the molecule is O=C(NC(Cc1ccccc1)c1ccccc1)c1cc(S(=O)(=O)N2CCOCC2)ccc1F. The maximum atomic E-state index is 14.6. The topological polar surface area (TPSA) is 75.7 Å². The zero-order chi connectivity index (χ0) is 23.3. The third kappa shape index (κ3) is 5.47. The van der Waals surface area contributed by atoms with E-state index in [9.17, 15) is 17.6 Å². The number of sulfonamides is 1. The number of halogens is 1. The number of hydrogen-bond donors (Lipinski definition) is 1. The zero-order valence-corrected chi connectivity index (χ0v) is 18.8. The number of rotatable bonds is 7. The summed E-state index contributed by atoms with van der Waals surface area (Å²) >= 11 is 0. The zero-order valence-electron chi connectivity index (χ0n) is 18.0. The van der Waals surface area contributed by atoms with Crippen molar-refractivity contribution in [3.05, 3.63) is 101 Å². The number of hydrogen-bond acceptors (Lipinski definition) is 4. The van der Waals surface area contributed by atoms with Crippen molar-refractivity contribution in [2.75, 3.05) is 26.3 Å². The summed E-state index contributed by atoms with van der Waals surface area (Å²) in [6.07, 6.45) is 0.504. The van der Waals surface area contributed by atoms with Crippen LogP contribution < -0.4 is 5.32 Å². The summed E-state index contributed by atoms with van der Waals surface area (Å²) in [5, 5.41) is 2.89. The fourth-order valence-corrected chi connectivity index (χ4v) is 5.23. The van der Waals surface area contributed by atoms with Gasteiger partial charge in [-0.2, -0.15) is 4.31 Å². The Morgan fingerprint density at radius 3 is 2.27 bits per heavy atom. The van der Waals surface area contributed by atoms with Gasteiger partial charge in [-0.05, 0) is 35.7 Å². The summed E-state index contributed by atoms with van der Waals surface area (Å²) in [5.74, 6) is -1.45. The molecule has 172 valence electrons. The number of amides is 1. The Morgan fingerprint density at radius 1 is 0.970 bits per heavy atom. The fourth-order valence-electron chi connectivity index (χ4n) is 3.80. The van der Waals surface area contributed by atoms with Gasteiger partial charge in [0.2, 0.25) is 10.0 Å². The molecule has 1 aliphatic heterocycles. The molecule has 1 N–H and O–H groups in total. The Labute approximate surface area is 193 Å². The predicted octanol–water partition coefficient (Wildman–Crippen LogP) is 3.56. The van der Waals surface area contributed by atoms with Gasteiger partial charge in [-0.1, -0.05) is 60.7 Å². The molecule has 33 heavy (non-hydrogen) atoms. The third-order valence-corrected chi connectivity index (χ3v) is 7.47. The molecule has 0 bridgehead atoms. The first-order valence-electron chi connectivity index (χ1n) is 10.7. The van der Waals surface area contributed by atoms with Crippen LogP contribution >= 0.6 is 0 Å². The molecule has 6 nitrogen and oxygen atoms in total. The van der Waals surface area contributed by atoms with E-state index in [0.717, 1.165) is 23.3 Å². The largest absolute Gasteiger partial charge is 0.379 e. The van der Waals surface area contributed by atoms with Gasteiger partial charge in [-0.3, -0.25) is 4.79 Å². The number of morpholine rings is 1. The van der Waals surface area contributed by atoms with E-state index >= 15 is 0 Å². The first-order valence-corrected chi connectivity index (χ1v) is 12.2. The third-order valence-electron chi connectivity index (χ3n) is 5.58. The van der Waals surface area contributed by atoms with Crippen LogP contribution in [0.25, 0.3) is 0 Å². The Balaban J connectivity index is 1.61. The maximum Gasteiger partial charge on any atom is 0.254 e. The van der Waals surface area contributed by atoms with Crippen molar-refractivity contribution < 1.29 is 22.3 Å². The molecular formula is C25H25FN2O4S. The van der Waals surface area contributed by atoms with Gasteiger partial charge in [0.15, 0.2) is 0 Å². The van der Waals surface area contributed by atoms with Crippen molar-refractivity contribution in [1.82, 2.24) is 9.62 Å². The van der Waals surface area contributed by atoms with Gasteiger partial charge in [-0.15, -0.1) is 0 Å². The van der Waals surface area contributed by atoms with Crippen LogP contribution in [-0.4, -0.2) is 44.9 Å². The lowest BCUT2D eigenvalue weighted by Gasteiger charge is -2.26. The van der Waals surface area contributed by atoms with E-state index in [-0.39, 0.29) is 23.5 Å². The summed E-state index contributed by atoms with van der Waals surface area (Å²) in [7, 11) is -3.86. The molecule has 1 amide bonds. The van der Waals surface area contributed by atoms with Crippen LogP contribution in [0.4, 0.5) is 4.39 Å². The first kappa shape index (κ1) is 23.1. The highest BCUT2D eigenvalue weighted by molar-refractivity contribution is 7.89. The highest BCUT2D eigenvalue weighted by atomic mass is 32.2. The minimum Gasteiger partial charge on any atom is -0.379 e. The summed E-state index contributed by atoms with van der Waals surface area (Å²) in [6, 6.07) is 22.0. The second-order valence-electron chi connectivity index (χ2n) is 7.78. The van der Waals surface area contributed by atoms with Crippen LogP contribution in [0, 0.1) is 5.82 Å². The lowest BCUT2D eigenvalue weighted by molar-refractivity contribution is 0.0730. The number of nitrogens with zero attached hydrogens (tertiary/aromatic N) is 1. The van der Waals surface area contributed by atoms with Gasteiger partial charge < -0.3 is 10.1 Å². The molecule has 0 aliphatic carbocycles. The van der Waals surface area contributed by atoms with Crippen LogP contribution in [0.5, 0.6) is 0 Å². The fraction of sp³-hybridized carbons (Fsp3) is 0.240. The number of benzene rings is 3. The quantitative estimate of drug-likeness (QED) is 0.575. The van der Waals surface area contributed by atoms with Gasteiger partial charge in [0, 0.05) is 13.1 Å². The molecule has 3 aromatic carbocycles. The molecule has 1 atom stereocenters. The number of carbonyl (C=O) groups is 1. The van der Waals surface area contributed by atoms with Gasteiger partial charge in [0.05, 0.1) is 29.7 Å². The van der Waals surface area contributed by atoms with E-state index < -0.39 is 27.8 Å². The molecule has 1 saturated heterocycles. The van der Waals surface area contributed by atoms with Crippen molar-refractivity contribution in [2.24, 2.45) is 0 Å². The Bertz CT molecular complexity index is 1200. The highest BCUT2D eigenvalue weighted by Gasteiger charge is 2.28. The van der Waals surface area contributed by atoms with Crippen molar-refractivity contribution in [1.29, 1.82) is 0 Å². The van der Waals surface area contributed by atoms with Crippen molar-refractivity contribution >= 4 is 15.9 Å². The van der Waals surface area contributed by atoms with Crippen LogP contribution in [0.1, 0.15) is 27.5 Å². The van der Waals surface area contributed by atoms with Crippen molar-refractivity contribution in [3.63, 3.8) is 0 Å². The van der Waals surface area contributed by atoms with Crippen LogP contribution in [0.15, 0.2) is 83.8 Å². The van der Waals surface area contributed by atoms with Crippen LogP contribution in [0.2, 0.25) is 0 Å². The highest BCUT2D eigenvalue weighted by Crippen LogP contribution is 2.23. The molecule has 1 unspecified atom stereocenters. The minimum atomic E-state index is -3.86. The Hall–Kier alpha value is -3.07.